The van der Waals surface area contributed by atoms with Gasteiger partial charge in [0.2, 0.25) is 0 Å². The zero-order valence-corrected chi connectivity index (χ0v) is 19.3. The highest BCUT2D eigenvalue weighted by Crippen LogP contribution is 2.64. The number of carbonyl (C=O) groups excluding carboxylic acids is 1. The highest BCUT2D eigenvalue weighted by Gasteiger charge is 2.58. The molecule has 4 aliphatic rings. The third-order valence-corrected chi connectivity index (χ3v) is 9.93. The van der Waals surface area contributed by atoms with E-state index in [9.17, 15) is 14.7 Å². The van der Waals surface area contributed by atoms with Gasteiger partial charge in [-0.3, -0.25) is 4.79 Å². The monoisotopic (exact) mass is 430 g/mol. The van der Waals surface area contributed by atoms with Crippen LogP contribution in [0.1, 0.15) is 78.6 Å². The molecule has 4 aliphatic carbocycles. The highest BCUT2D eigenvalue weighted by atomic mass is 16.3. The summed E-state index contributed by atoms with van der Waals surface area (Å²) in [5.41, 5.74) is -0.708. The number of nitrogens with zero attached hydrogens (tertiary/aromatic N) is 4. The molecule has 0 saturated heterocycles. The molecule has 31 heavy (non-hydrogen) atoms. The molecular formula is C24H38N4O3. The minimum absolute atomic E-state index is 0.0296. The van der Waals surface area contributed by atoms with Gasteiger partial charge in [-0.2, -0.15) is 9.36 Å². The normalized spacial score (nSPS) is 44.4. The van der Waals surface area contributed by atoms with Gasteiger partial charge in [0.15, 0.2) is 5.78 Å². The zero-order valence-electron chi connectivity index (χ0n) is 19.3. The summed E-state index contributed by atoms with van der Waals surface area (Å²) in [5.74, 6) is 3.75. The molecule has 0 aromatic carbocycles. The number of hydrogen-bond acceptors (Lipinski definition) is 5. The first kappa shape index (κ1) is 21.4. The summed E-state index contributed by atoms with van der Waals surface area (Å²) in [7, 11) is 0. The molecule has 0 aliphatic heterocycles. The maximum atomic E-state index is 13.3. The average molecular weight is 431 g/mol. The summed E-state index contributed by atoms with van der Waals surface area (Å²) in [5, 5.41) is 18.4. The van der Waals surface area contributed by atoms with E-state index in [1.165, 1.54) is 35.0 Å². The van der Waals surface area contributed by atoms with Crippen LogP contribution in [0, 0.1) is 40.9 Å². The topological polar surface area (TPSA) is 90.0 Å². The lowest BCUT2D eigenvalue weighted by Gasteiger charge is -2.56. The molecule has 1 aromatic rings. The maximum Gasteiger partial charge on any atom is 0.364 e. The third-order valence-electron chi connectivity index (χ3n) is 9.93. The Bertz CT molecular complexity index is 905. The molecule has 0 bridgehead atoms. The fourth-order valence-electron chi connectivity index (χ4n) is 8.47. The fourth-order valence-corrected chi connectivity index (χ4v) is 8.47. The summed E-state index contributed by atoms with van der Waals surface area (Å²) in [6.07, 6.45) is 9.99. The van der Waals surface area contributed by atoms with Crippen molar-refractivity contribution < 1.29 is 9.90 Å². The first-order valence-corrected chi connectivity index (χ1v) is 12.5. The number of aromatic nitrogens is 4. The molecular weight excluding hydrogens is 392 g/mol. The van der Waals surface area contributed by atoms with Crippen molar-refractivity contribution in [3.05, 3.63) is 10.5 Å². The van der Waals surface area contributed by atoms with E-state index in [1.54, 1.807) is 0 Å². The first-order valence-electron chi connectivity index (χ1n) is 12.5. The van der Waals surface area contributed by atoms with Gasteiger partial charge in [0, 0.05) is 12.5 Å². The van der Waals surface area contributed by atoms with Gasteiger partial charge in [-0.1, -0.05) is 6.92 Å². The number of rotatable bonds is 4. The molecule has 1 N–H and O–H groups in total. The lowest BCUT2D eigenvalue weighted by atomic mass is 9.49. The summed E-state index contributed by atoms with van der Waals surface area (Å²) in [4.78, 5) is 25.6. The predicted molar refractivity (Wildman–Crippen MR) is 116 cm³/mol. The van der Waals surface area contributed by atoms with Crippen molar-refractivity contribution in [1.82, 2.24) is 19.8 Å². The number of fused-ring (bicyclic) bond motifs is 5. The van der Waals surface area contributed by atoms with E-state index >= 15 is 0 Å². The molecule has 1 aromatic heterocycles. The Morgan fingerprint density at radius 2 is 1.74 bits per heavy atom. The van der Waals surface area contributed by atoms with Crippen molar-refractivity contribution in [3.63, 3.8) is 0 Å². The van der Waals surface area contributed by atoms with Crippen molar-refractivity contribution in [1.29, 1.82) is 0 Å². The number of tetrazole rings is 1. The number of aliphatic hydroxyl groups is 1. The van der Waals surface area contributed by atoms with Crippen LogP contribution in [0.25, 0.3) is 0 Å². The lowest BCUT2D eigenvalue weighted by Crippen LogP contribution is -2.51. The van der Waals surface area contributed by atoms with Crippen molar-refractivity contribution in [2.45, 2.75) is 97.2 Å². The lowest BCUT2D eigenvalue weighted by molar-refractivity contribution is -0.133. The molecule has 172 valence electrons. The molecule has 7 heteroatoms. The molecule has 4 fully saturated rings. The second-order valence-electron chi connectivity index (χ2n) is 11.6. The van der Waals surface area contributed by atoms with E-state index in [2.05, 4.69) is 17.4 Å². The number of carbonyl (C=O) groups is 1. The van der Waals surface area contributed by atoms with Gasteiger partial charge in [0.05, 0.1) is 5.60 Å². The van der Waals surface area contributed by atoms with Crippen LogP contribution < -0.4 is 5.69 Å². The van der Waals surface area contributed by atoms with Crippen LogP contribution in [0.3, 0.4) is 0 Å². The fraction of sp³-hybridized carbons (Fsp3) is 0.917. The molecule has 0 radical (unpaired) electrons. The van der Waals surface area contributed by atoms with E-state index < -0.39 is 5.60 Å². The Labute approximate surface area is 184 Å². The van der Waals surface area contributed by atoms with E-state index in [0.29, 0.717) is 18.4 Å². The molecule has 0 unspecified atom stereocenters. The second kappa shape index (κ2) is 7.53. The largest absolute Gasteiger partial charge is 0.390 e. The molecule has 5 rings (SSSR count). The molecule has 4 saturated carbocycles. The van der Waals surface area contributed by atoms with Gasteiger partial charge < -0.3 is 5.11 Å². The van der Waals surface area contributed by atoms with Crippen LogP contribution in [-0.2, 0) is 17.9 Å². The van der Waals surface area contributed by atoms with Crippen LogP contribution in [0.15, 0.2) is 4.79 Å². The summed E-state index contributed by atoms with van der Waals surface area (Å²) < 4.78 is 2.55. The van der Waals surface area contributed by atoms with E-state index in [1.807, 2.05) is 13.8 Å². The SMILES string of the molecule is CCn1nnn(CC(=O)[C@H]2CC[C@H]3[C@@H]4CC[C@@H]5C[C@](C)(O)CC[C@@H]5[C@H]4CC[C@]23C)c1=O. The van der Waals surface area contributed by atoms with E-state index in [-0.39, 0.29) is 29.4 Å². The van der Waals surface area contributed by atoms with Crippen LogP contribution in [-0.4, -0.2) is 36.3 Å². The van der Waals surface area contributed by atoms with Crippen molar-refractivity contribution >= 4 is 5.78 Å². The summed E-state index contributed by atoms with van der Waals surface area (Å²) in [6.45, 7) is 6.75. The standard InChI is InChI=1S/C24H38N4O3/c1-4-27-22(30)28(26-25-27)14-21(29)20-8-7-19-18-6-5-15-13-23(2,31)11-9-16(15)17(18)10-12-24(19,20)3/h15-20,31H,4-14H2,1-3H3/t15-,16+,17-,18-,19+,20-,23-,24+/m1/s1. The quantitative estimate of drug-likeness (QED) is 0.793. The maximum absolute atomic E-state index is 13.3. The van der Waals surface area contributed by atoms with Gasteiger partial charge in [-0.25, -0.2) is 4.79 Å². The second-order valence-corrected chi connectivity index (χ2v) is 11.6. The smallest absolute Gasteiger partial charge is 0.364 e. The number of Topliss-reactive ketones (excluding diaryl/α,β-unsaturated/α-hetero) is 1. The Morgan fingerprint density at radius 1 is 1.00 bits per heavy atom. The Kier molecular flexibility index (Phi) is 5.19. The minimum atomic E-state index is -0.472. The van der Waals surface area contributed by atoms with Gasteiger partial charge in [0.1, 0.15) is 6.54 Å². The predicted octanol–water partition coefficient (Wildman–Crippen LogP) is 3.05. The van der Waals surface area contributed by atoms with Crippen LogP contribution in [0.2, 0.25) is 0 Å². The van der Waals surface area contributed by atoms with Gasteiger partial charge in [-0.15, -0.1) is 0 Å². The van der Waals surface area contributed by atoms with Crippen LogP contribution >= 0.6 is 0 Å². The summed E-state index contributed by atoms with van der Waals surface area (Å²) >= 11 is 0. The number of hydrogen-bond donors (Lipinski definition) is 1. The highest BCUT2D eigenvalue weighted by molar-refractivity contribution is 5.82. The van der Waals surface area contributed by atoms with Crippen molar-refractivity contribution in [3.8, 4) is 0 Å². The summed E-state index contributed by atoms with van der Waals surface area (Å²) in [6, 6.07) is 0. The zero-order chi connectivity index (χ0) is 22.0. The Balaban J connectivity index is 1.31. The molecule has 0 spiro atoms. The Hall–Kier alpha value is -1.50. The van der Waals surface area contributed by atoms with Crippen molar-refractivity contribution in [2.75, 3.05) is 0 Å². The number of aryl methyl sites for hydroxylation is 1. The van der Waals surface area contributed by atoms with Crippen molar-refractivity contribution in [2.24, 2.45) is 40.9 Å². The van der Waals surface area contributed by atoms with Gasteiger partial charge >= 0.3 is 5.69 Å². The van der Waals surface area contributed by atoms with Gasteiger partial charge in [-0.05, 0) is 117 Å². The molecule has 8 atom stereocenters. The van der Waals surface area contributed by atoms with Gasteiger partial charge in [0.25, 0.3) is 0 Å². The van der Waals surface area contributed by atoms with Crippen LogP contribution in [0.5, 0.6) is 0 Å². The Morgan fingerprint density at radius 3 is 2.48 bits per heavy atom. The molecule has 7 nitrogen and oxygen atoms in total. The molecule has 1 heterocycles. The van der Waals surface area contributed by atoms with E-state index in [4.69, 9.17) is 0 Å². The first-order chi connectivity index (χ1) is 14.7. The number of ketones is 1. The third kappa shape index (κ3) is 3.42. The van der Waals surface area contributed by atoms with E-state index in [0.717, 1.165) is 49.9 Å². The van der Waals surface area contributed by atoms with Crippen LogP contribution in [0.4, 0.5) is 0 Å². The average Bonchev–Trinajstić information content (AvgIpc) is 3.26. The minimum Gasteiger partial charge on any atom is -0.390 e. The molecule has 0 amide bonds.